The van der Waals surface area contributed by atoms with Crippen molar-refractivity contribution in [3.05, 3.63) is 23.3 Å². The van der Waals surface area contributed by atoms with E-state index in [4.69, 9.17) is 9.11 Å². The fraction of sp³-hybridized carbons (Fsp3) is 0.250. The quantitative estimate of drug-likeness (QED) is 0.562. The molecular weight excluding hydrogens is 288 g/mol. The molecule has 0 radical (unpaired) electrons. The Kier molecular flexibility index (Phi) is 3.86. The van der Waals surface area contributed by atoms with E-state index in [2.05, 4.69) is 0 Å². The van der Waals surface area contributed by atoms with Gasteiger partial charge in [-0.15, -0.1) is 0 Å². The van der Waals surface area contributed by atoms with Gasteiger partial charge in [-0.2, -0.15) is 16.8 Å². The van der Waals surface area contributed by atoms with E-state index in [9.17, 15) is 27.0 Å². The third kappa shape index (κ3) is 4.49. The summed E-state index contributed by atoms with van der Waals surface area (Å²) in [6.45, 7) is 0. The van der Waals surface area contributed by atoms with Crippen LogP contribution in [-0.2, 0) is 31.7 Å². The van der Waals surface area contributed by atoms with E-state index >= 15 is 0 Å². The SMILES string of the molecule is O=S(=O)(O)Cc1cc(CS(=O)(=O)O)c(O)cc1O. The minimum absolute atomic E-state index is 0.297. The van der Waals surface area contributed by atoms with Crippen LogP contribution in [0.4, 0.5) is 0 Å². The molecule has 8 nitrogen and oxygen atoms in total. The van der Waals surface area contributed by atoms with E-state index in [-0.39, 0.29) is 11.1 Å². The molecule has 0 aromatic heterocycles. The number of rotatable bonds is 4. The molecule has 10 heteroatoms. The van der Waals surface area contributed by atoms with E-state index in [1.807, 2.05) is 0 Å². The summed E-state index contributed by atoms with van der Waals surface area (Å²) >= 11 is 0. The van der Waals surface area contributed by atoms with Crippen molar-refractivity contribution in [3.63, 3.8) is 0 Å². The second-order valence-electron chi connectivity index (χ2n) is 3.56. The Bertz CT molecular complexity index is 603. The van der Waals surface area contributed by atoms with E-state index in [1.165, 1.54) is 0 Å². The molecule has 0 fully saturated rings. The number of hydrogen-bond donors (Lipinski definition) is 4. The van der Waals surface area contributed by atoms with Gasteiger partial charge in [0.15, 0.2) is 0 Å². The summed E-state index contributed by atoms with van der Waals surface area (Å²) in [7, 11) is -8.85. The Morgan fingerprint density at radius 3 is 1.39 bits per heavy atom. The monoisotopic (exact) mass is 298 g/mol. The van der Waals surface area contributed by atoms with Gasteiger partial charge in [0.1, 0.15) is 23.0 Å². The van der Waals surface area contributed by atoms with Gasteiger partial charge in [0.2, 0.25) is 0 Å². The first kappa shape index (κ1) is 14.7. The summed E-state index contributed by atoms with van der Waals surface area (Å²) in [6.07, 6.45) is 0. The predicted molar refractivity (Wildman–Crippen MR) is 60.3 cm³/mol. The van der Waals surface area contributed by atoms with E-state index in [0.29, 0.717) is 0 Å². The average Bonchev–Trinajstić information content (AvgIpc) is 2.08. The van der Waals surface area contributed by atoms with Crippen molar-refractivity contribution in [2.75, 3.05) is 0 Å². The van der Waals surface area contributed by atoms with Crippen LogP contribution < -0.4 is 0 Å². The van der Waals surface area contributed by atoms with Crippen molar-refractivity contribution in [1.82, 2.24) is 0 Å². The van der Waals surface area contributed by atoms with Crippen LogP contribution in [0.15, 0.2) is 12.1 Å². The first-order chi connectivity index (χ1) is 7.98. The van der Waals surface area contributed by atoms with E-state index in [0.717, 1.165) is 12.1 Å². The maximum absolute atomic E-state index is 10.6. The van der Waals surface area contributed by atoms with Gasteiger partial charge < -0.3 is 10.2 Å². The molecule has 0 saturated carbocycles. The molecule has 0 spiro atoms. The summed E-state index contributed by atoms with van der Waals surface area (Å²) in [5.74, 6) is -3.14. The number of phenols is 2. The van der Waals surface area contributed by atoms with Gasteiger partial charge in [0.05, 0.1) is 0 Å². The number of phenolic OH excluding ortho intramolecular Hbond substituents is 2. The highest BCUT2D eigenvalue weighted by molar-refractivity contribution is 7.85. The molecule has 1 aromatic rings. The Morgan fingerprint density at radius 2 is 1.11 bits per heavy atom. The second-order valence-corrected chi connectivity index (χ2v) is 6.47. The van der Waals surface area contributed by atoms with Crippen LogP contribution in [0.5, 0.6) is 11.5 Å². The molecule has 0 amide bonds. The number of hydrogen-bond acceptors (Lipinski definition) is 6. The largest absolute Gasteiger partial charge is 0.507 e. The van der Waals surface area contributed by atoms with Crippen molar-refractivity contribution < 1.29 is 36.2 Å². The van der Waals surface area contributed by atoms with Gasteiger partial charge in [0, 0.05) is 17.2 Å². The lowest BCUT2D eigenvalue weighted by molar-refractivity contribution is 0.439. The maximum atomic E-state index is 10.6. The standard InChI is InChI=1S/C8H10O8S2/c9-7-2-8(10)6(4-18(14,15)16)1-5(7)3-17(11,12)13/h1-2,9-10H,3-4H2,(H,11,12,13)(H,14,15,16). The van der Waals surface area contributed by atoms with E-state index in [1.54, 1.807) is 0 Å². The molecule has 0 heterocycles. The first-order valence-electron chi connectivity index (χ1n) is 4.42. The molecule has 0 saturated heterocycles. The zero-order valence-corrected chi connectivity index (χ0v) is 10.4. The fourth-order valence-electron chi connectivity index (χ4n) is 1.30. The molecular formula is C8H10O8S2. The average molecular weight is 298 g/mol. The van der Waals surface area contributed by atoms with Crippen LogP contribution in [0.25, 0.3) is 0 Å². The molecule has 1 aromatic carbocycles. The molecule has 0 unspecified atom stereocenters. The fourth-order valence-corrected chi connectivity index (χ4v) is 2.55. The topological polar surface area (TPSA) is 149 Å². The molecule has 0 atom stereocenters. The molecule has 0 aliphatic carbocycles. The molecule has 0 aliphatic heterocycles. The minimum atomic E-state index is -4.43. The highest BCUT2D eigenvalue weighted by Crippen LogP contribution is 2.29. The first-order valence-corrected chi connectivity index (χ1v) is 7.64. The van der Waals surface area contributed by atoms with Gasteiger partial charge in [-0.3, -0.25) is 9.11 Å². The van der Waals surface area contributed by atoms with Crippen LogP contribution >= 0.6 is 0 Å². The normalized spacial score (nSPS) is 12.6. The van der Waals surface area contributed by atoms with Gasteiger partial charge in [-0.05, 0) is 6.07 Å². The van der Waals surface area contributed by atoms with Gasteiger partial charge >= 0.3 is 0 Å². The molecule has 102 valence electrons. The zero-order chi connectivity index (χ0) is 14.1. The Hall–Kier alpha value is -1.36. The van der Waals surface area contributed by atoms with Crippen LogP contribution in [0.1, 0.15) is 11.1 Å². The maximum Gasteiger partial charge on any atom is 0.269 e. The van der Waals surface area contributed by atoms with Crippen LogP contribution in [0.2, 0.25) is 0 Å². The zero-order valence-electron chi connectivity index (χ0n) is 8.81. The van der Waals surface area contributed by atoms with Gasteiger partial charge in [-0.25, -0.2) is 0 Å². The minimum Gasteiger partial charge on any atom is -0.507 e. The van der Waals surface area contributed by atoms with Crippen LogP contribution in [-0.4, -0.2) is 36.2 Å². The van der Waals surface area contributed by atoms with Gasteiger partial charge in [-0.1, -0.05) is 0 Å². The highest BCUT2D eigenvalue weighted by atomic mass is 32.2. The lowest BCUT2D eigenvalue weighted by Crippen LogP contribution is -2.05. The van der Waals surface area contributed by atoms with Crippen LogP contribution in [0.3, 0.4) is 0 Å². The summed E-state index contributed by atoms with van der Waals surface area (Å²) in [6, 6.07) is 1.59. The van der Waals surface area contributed by atoms with E-state index < -0.39 is 43.2 Å². The van der Waals surface area contributed by atoms with Crippen molar-refractivity contribution in [1.29, 1.82) is 0 Å². The molecule has 0 aliphatic rings. The molecule has 0 bridgehead atoms. The molecule has 4 N–H and O–H groups in total. The summed E-state index contributed by atoms with van der Waals surface area (Å²) in [5, 5.41) is 18.7. The smallest absolute Gasteiger partial charge is 0.269 e. The van der Waals surface area contributed by atoms with Gasteiger partial charge in [0.25, 0.3) is 20.2 Å². The number of benzene rings is 1. The summed E-state index contributed by atoms with van der Waals surface area (Å²) < 4.78 is 59.8. The lowest BCUT2D eigenvalue weighted by atomic mass is 10.1. The molecule has 18 heavy (non-hydrogen) atoms. The summed E-state index contributed by atoms with van der Waals surface area (Å²) in [5.41, 5.74) is -0.595. The third-order valence-corrected chi connectivity index (χ3v) is 3.31. The summed E-state index contributed by atoms with van der Waals surface area (Å²) in [4.78, 5) is 0. The van der Waals surface area contributed by atoms with Crippen molar-refractivity contribution in [2.45, 2.75) is 11.5 Å². The highest BCUT2D eigenvalue weighted by Gasteiger charge is 2.17. The lowest BCUT2D eigenvalue weighted by Gasteiger charge is -2.08. The Balaban J connectivity index is 3.26. The Morgan fingerprint density at radius 1 is 0.778 bits per heavy atom. The van der Waals surface area contributed by atoms with Crippen molar-refractivity contribution in [2.24, 2.45) is 0 Å². The van der Waals surface area contributed by atoms with Crippen molar-refractivity contribution >= 4 is 20.2 Å². The molecule has 1 rings (SSSR count). The second kappa shape index (κ2) is 4.72. The number of aromatic hydroxyl groups is 2. The predicted octanol–water partition coefficient (Wildman–Crippen LogP) is -0.127. The van der Waals surface area contributed by atoms with Crippen molar-refractivity contribution in [3.8, 4) is 11.5 Å². The third-order valence-electron chi connectivity index (χ3n) is 1.96. The Labute approximate surface area is 103 Å². The van der Waals surface area contributed by atoms with Crippen LogP contribution in [0, 0.1) is 0 Å².